The van der Waals surface area contributed by atoms with Gasteiger partial charge in [-0.1, -0.05) is 18.3 Å². The summed E-state index contributed by atoms with van der Waals surface area (Å²) >= 11 is 5.16. The fourth-order valence-corrected chi connectivity index (χ4v) is 3.79. The van der Waals surface area contributed by atoms with Crippen molar-refractivity contribution in [2.24, 2.45) is 0 Å². The largest absolute Gasteiger partial charge is 0.312 e. The summed E-state index contributed by atoms with van der Waals surface area (Å²) in [5.74, 6) is 0.385. The van der Waals surface area contributed by atoms with E-state index in [0.717, 1.165) is 28.8 Å². The summed E-state index contributed by atoms with van der Waals surface area (Å²) in [6.45, 7) is 9.33. The summed E-state index contributed by atoms with van der Waals surface area (Å²) in [4.78, 5) is 1.22. The van der Waals surface area contributed by atoms with Crippen molar-refractivity contribution >= 4 is 27.5 Å². The van der Waals surface area contributed by atoms with Gasteiger partial charge in [-0.05, 0) is 54.3 Å². The van der Waals surface area contributed by atoms with Crippen LogP contribution in [0.25, 0.3) is 0 Å². The van der Waals surface area contributed by atoms with Crippen molar-refractivity contribution in [2.45, 2.75) is 52.6 Å². The predicted molar refractivity (Wildman–Crippen MR) is 89.8 cm³/mol. The highest BCUT2D eigenvalue weighted by Gasteiger charge is 2.23. The molecular weight excluding hydrogens is 350 g/mol. The highest BCUT2D eigenvalue weighted by molar-refractivity contribution is 9.10. The van der Waals surface area contributed by atoms with Gasteiger partial charge in [-0.2, -0.15) is 5.10 Å². The van der Waals surface area contributed by atoms with Gasteiger partial charge in [0.25, 0.3) is 0 Å². The average Bonchev–Trinajstić information content (AvgIpc) is 3.03. The zero-order valence-corrected chi connectivity index (χ0v) is 15.5. The number of aryl methyl sites for hydroxylation is 2. The van der Waals surface area contributed by atoms with Crippen molar-refractivity contribution in [1.29, 1.82) is 0 Å². The van der Waals surface area contributed by atoms with E-state index in [0.29, 0.717) is 5.92 Å². The quantitative estimate of drug-likeness (QED) is 0.844. The molecule has 0 spiro atoms. The van der Waals surface area contributed by atoms with Gasteiger partial charge in [0, 0.05) is 13.0 Å². The predicted octanol–water partition coefficient (Wildman–Crippen LogP) is 3.45. The monoisotopic (exact) mass is 371 g/mol. The van der Waals surface area contributed by atoms with E-state index in [4.69, 9.17) is 0 Å². The Morgan fingerprint density at radius 3 is 2.67 bits per heavy atom. The third-order valence-corrected chi connectivity index (χ3v) is 5.49. The maximum absolute atomic E-state index is 4.57. The number of likely N-dealkylation sites (N-methyl/N-ethyl adjacent to an activating group) is 1. The van der Waals surface area contributed by atoms with Gasteiger partial charge in [-0.15, -0.1) is 5.10 Å². The molecule has 0 fully saturated rings. The molecule has 0 aromatic carbocycles. The molecule has 1 N–H and O–H groups in total. The molecule has 0 aliphatic carbocycles. The van der Waals surface area contributed by atoms with Crippen LogP contribution in [0.15, 0.2) is 4.47 Å². The van der Waals surface area contributed by atoms with Crippen molar-refractivity contribution in [3.63, 3.8) is 0 Å². The Morgan fingerprint density at radius 1 is 1.38 bits per heavy atom. The van der Waals surface area contributed by atoms with Crippen LogP contribution < -0.4 is 5.32 Å². The number of nitrogens with one attached hydrogen (secondary N) is 1. The van der Waals surface area contributed by atoms with Gasteiger partial charge in [0.05, 0.1) is 32.5 Å². The number of nitrogens with zero attached hydrogens (tertiary/aromatic N) is 4. The first-order chi connectivity index (χ1) is 9.99. The van der Waals surface area contributed by atoms with Gasteiger partial charge in [0.1, 0.15) is 0 Å². The summed E-state index contributed by atoms with van der Waals surface area (Å²) in [6.07, 6.45) is 0.870. The number of hydrogen-bond acceptors (Lipinski definition) is 5. The molecule has 2 heterocycles. The first-order valence-corrected chi connectivity index (χ1v) is 8.77. The standard InChI is InChI=1S/C14H22BrN5S/c1-6-20-11(12(15)9(4)18-20)7-10(16-5)14-13(8(2)3)17-19-21-14/h8,10,16H,6-7H2,1-5H3. The van der Waals surface area contributed by atoms with Crippen molar-refractivity contribution in [3.8, 4) is 0 Å². The lowest BCUT2D eigenvalue weighted by atomic mass is 10.0. The first kappa shape index (κ1) is 16.6. The van der Waals surface area contributed by atoms with Crippen LogP contribution in [0.1, 0.15) is 54.7 Å². The zero-order chi connectivity index (χ0) is 15.6. The Kier molecular flexibility index (Phi) is 5.51. The lowest BCUT2D eigenvalue weighted by Crippen LogP contribution is -2.21. The normalized spacial score (nSPS) is 13.1. The number of rotatable bonds is 6. The van der Waals surface area contributed by atoms with E-state index in [1.165, 1.54) is 22.1 Å². The molecule has 0 bridgehead atoms. The van der Waals surface area contributed by atoms with Gasteiger partial charge < -0.3 is 5.32 Å². The molecule has 0 amide bonds. The molecule has 2 aromatic rings. The molecule has 116 valence electrons. The maximum Gasteiger partial charge on any atom is 0.0829 e. The number of hydrogen-bond donors (Lipinski definition) is 1. The second-order valence-electron chi connectivity index (χ2n) is 5.38. The van der Waals surface area contributed by atoms with Gasteiger partial charge in [0.15, 0.2) is 0 Å². The number of halogens is 1. The second kappa shape index (κ2) is 6.98. The van der Waals surface area contributed by atoms with Gasteiger partial charge in [-0.25, -0.2) is 0 Å². The third kappa shape index (κ3) is 3.35. The molecule has 0 radical (unpaired) electrons. The Bertz CT molecular complexity index is 605. The van der Waals surface area contributed by atoms with Crippen LogP contribution in [-0.4, -0.2) is 26.4 Å². The Balaban J connectivity index is 2.34. The highest BCUT2D eigenvalue weighted by atomic mass is 79.9. The summed E-state index contributed by atoms with van der Waals surface area (Å²) < 4.78 is 7.31. The third-order valence-electron chi connectivity index (χ3n) is 3.60. The lowest BCUT2D eigenvalue weighted by Gasteiger charge is -2.17. The van der Waals surface area contributed by atoms with Crippen LogP contribution in [-0.2, 0) is 13.0 Å². The van der Waals surface area contributed by atoms with Crippen molar-refractivity contribution in [1.82, 2.24) is 24.7 Å². The summed E-state index contributed by atoms with van der Waals surface area (Å²) in [5, 5.41) is 12.3. The smallest absolute Gasteiger partial charge is 0.0829 e. The fraction of sp³-hybridized carbons (Fsp3) is 0.643. The Morgan fingerprint density at radius 2 is 2.10 bits per heavy atom. The molecule has 21 heavy (non-hydrogen) atoms. The first-order valence-electron chi connectivity index (χ1n) is 7.20. The van der Waals surface area contributed by atoms with Gasteiger partial charge in [0.2, 0.25) is 0 Å². The number of aromatic nitrogens is 4. The van der Waals surface area contributed by atoms with E-state index >= 15 is 0 Å². The van der Waals surface area contributed by atoms with E-state index < -0.39 is 0 Å². The van der Waals surface area contributed by atoms with Gasteiger partial charge in [-0.3, -0.25) is 4.68 Å². The van der Waals surface area contributed by atoms with Crippen LogP contribution in [0.3, 0.4) is 0 Å². The topological polar surface area (TPSA) is 55.6 Å². The lowest BCUT2D eigenvalue weighted by molar-refractivity contribution is 0.539. The van der Waals surface area contributed by atoms with Crippen molar-refractivity contribution in [3.05, 3.63) is 26.4 Å². The molecule has 0 saturated carbocycles. The van der Waals surface area contributed by atoms with Crippen LogP contribution in [0.5, 0.6) is 0 Å². The minimum atomic E-state index is 0.208. The molecular formula is C14H22BrN5S. The van der Waals surface area contributed by atoms with Crippen LogP contribution >= 0.6 is 27.5 Å². The van der Waals surface area contributed by atoms with E-state index in [1.54, 1.807) is 0 Å². The van der Waals surface area contributed by atoms with Crippen molar-refractivity contribution in [2.75, 3.05) is 7.05 Å². The molecule has 5 nitrogen and oxygen atoms in total. The molecule has 1 unspecified atom stereocenters. The van der Waals surface area contributed by atoms with Crippen molar-refractivity contribution < 1.29 is 0 Å². The molecule has 0 saturated heterocycles. The summed E-state index contributed by atoms with van der Waals surface area (Å²) in [6, 6.07) is 0.208. The molecule has 0 aliphatic rings. The molecule has 1 atom stereocenters. The SMILES string of the molecule is CCn1nc(C)c(Br)c1CC(NC)c1snnc1C(C)C. The summed E-state index contributed by atoms with van der Waals surface area (Å²) in [7, 11) is 1.99. The average molecular weight is 372 g/mol. The molecule has 2 rings (SSSR count). The zero-order valence-electron chi connectivity index (χ0n) is 13.1. The second-order valence-corrected chi connectivity index (χ2v) is 6.96. The maximum atomic E-state index is 4.57. The highest BCUT2D eigenvalue weighted by Crippen LogP contribution is 2.31. The summed E-state index contributed by atoms with van der Waals surface area (Å²) in [5.41, 5.74) is 3.35. The van der Waals surface area contributed by atoms with E-state index in [2.05, 4.69) is 61.4 Å². The van der Waals surface area contributed by atoms with E-state index in [9.17, 15) is 0 Å². The minimum Gasteiger partial charge on any atom is -0.312 e. The molecule has 2 aromatic heterocycles. The van der Waals surface area contributed by atoms with Crippen LogP contribution in [0.2, 0.25) is 0 Å². The Hall–Kier alpha value is -0.790. The fourth-order valence-electron chi connectivity index (χ4n) is 2.43. The van der Waals surface area contributed by atoms with Gasteiger partial charge >= 0.3 is 0 Å². The molecule has 7 heteroatoms. The van der Waals surface area contributed by atoms with Crippen LogP contribution in [0, 0.1) is 6.92 Å². The van der Waals surface area contributed by atoms with E-state index in [1.807, 2.05) is 14.0 Å². The van der Waals surface area contributed by atoms with E-state index in [-0.39, 0.29) is 6.04 Å². The van der Waals surface area contributed by atoms with Crippen LogP contribution in [0.4, 0.5) is 0 Å². The Labute approximate surface area is 138 Å². The minimum absolute atomic E-state index is 0.208. The molecule has 0 aliphatic heterocycles.